The van der Waals surface area contributed by atoms with Crippen LogP contribution in [-0.4, -0.2) is 11.0 Å². The Hall–Kier alpha value is -1.72. The van der Waals surface area contributed by atoms with E-state index in [2.05, 4.69) is 5.32 Å². The first-order valence-electron chi connectivity index (χ1n) is 4.43. The van der Waals surface area contributed by atoms with E-state index in [1.165, 1.54) is 13.0 Å². The predicted octanol–water partition coefficient (Wildman–Crippen LogP) is 2.05. The number of aromatic hydroxyl groups is 1. The topological polar surface area (TPSA) is 49.3 Å². The Morgan fingerprint density at radius 2 is 2.00 bits per heavy atom. The Morgan fingerprint density at radius 1 is 1.38 bits per heavy atom. The normalized spacial score (nSPS) is 11.2. The van der Waals surface area contributed by atoms with Crippen LogP contribution in [0.5, 0.6) is 5.75 Å². The van der Waals surface area contributed by atoms with Crippen molar-refractivity contribution < 1.29 is 23.1 Å². The van der Waals surface area contributed by atoms with Crippen LogP contribution < -0.4 is 5.32 Å². The van der Waals surface area contributed by atoms with Crippen LogP contribution in [0.15, 0.2) is 18.2 Å². The lowest BCUT2D eigenvalue weighted by molar-refractivity contribution is -0.137. The minimum atomic E-state index is -4.51. The quantitative estimate of drug-likeness (QED) is 0.821. The van der Waals surface area contributed by atoms with E-state index in [9.17, 15) is 18.0 Å². The third-order valence-electron chi connectivity index (χ3n) is 1.85. The highest BCUT2D eigenvalue weighted by atomic mass is 19.4. The minimum Gasteiger partial charge on any atom is -0.508 e. The van der Waals surface area contributed by atoms with Crippen molar-refractivity contribution in [2.45, 2.75) is 19.6 Å². The molecule has 0 saturated heterocycles. The van der Waals surface area contributed by atoms with Gasteiger partial charge in [0.15, 0.2) is 0 Å². The molecule has 1 aromatic rings. The Morgan fingerprint density at radius 3 is 2.50 bits per heavy atom. The summed E-state index contributed by atoms with van der Waals surface area (Å²) in [7, 11) is 0. The Kier molecular flexibility index (Phi) is 3.41. The zero-order chi connectivity index (χ0) is 12.3. The first kappa shape index (κ1) is 12.4. The van der Waals surface area contributed by atoms with Gasteiger partial charge in [-0.3, -0.25) is 4.79 Å². The molecule has 0 saturated carbocycles. The molecule has 0 unspecified atom stereocenters. The molecule has 1 amide bonds. The number of phenolic OH excluding ortho intramolecular Hbond substituents is 1. The first-order valence-corrected chi connectivity index (χ1v) is 4.43. The summed E-state index contributed by atoms with van der Waals surface area (Å²) in [5.74, 6) is -0.827. The van der Waals surface area contributed by atoms with Crippen molar-refractivity contribution in [3.05, 3.63) is 29.3 Å². The Labute approximate surface area is 89.9 Å². The van der Waals surface area contributed by atoms with Gasteiger partial charge >= 0.3 is 6.18 Å². The number of carbonyl (C=O) groups excluding carboxylic acids is 1. The Balaban J connectivity index is 2.94. The third kappa shape index (κ3) is 3.45. The van der Waals surface area contributed by atoms with E-state index in [4.69, 9.17) is 5.11 Å². The molecule has 16 heavy (non-hydrogen) atoms. The number of carbonyl (C=O) groups is 1. The second kappa shape index (κ2) is 4.42. The predicted molar refractivity (Wildman–Crippen MR) is 50.6 cm³/mol. The molecule has 0 aliphatic rings. The van der Waals surface area contributed by atoms with Gasteiger partial charge in [0.05, 0.1) is 5.56 Å². The number of nitrogens with one attached hydrogen (secondary N) is 1. The molecule has 0 aliphatic heterocycles. The van der Waals surface area contributed by atoms with Crippen molar-refractivity contribution in [2.24, 2.45) is 0 Å². The highest BCUT2D eigenvalue weighted by molar-refractivity contribution is 5.72. The van der Waals surface area contributed by atoms with Gasteiger partial charge in [0.2, 0.25) is 5.91 Å². The fraction of sp³-hybridized carbons (Fsp3) is 0.300. The molecule has 1 rings (SSSR count). The average molecular weight is 233 g/mol. The molecule has 0 bridgehead atoms. The molecule has 0 atom stereocenters. The molecule has 88 valence electrons. The zero-order valence-corrected chi connectivity index (χ0v) is 8.43. The smallest absolute Gasteiger partial charge is 0.416 e. The molecule has 1 aromatic carbocycles. The fourth-order valence-corrected chi connectivity index (χ4v) is 1.17. The summed E-state index contributed by atoms with van der Waals surface area (Å²) < 4.78 is 37.0. The van der Waals surface area contributed by atoms with Crippen LogP contribution in [0.25, 0.3) is 0 Å². The van der Waals surface area contributed by atoms with Crippen molar-refractivity contribution >= 4 is 5.91 Å². The molecule has 0 spiro atoms. The molecule has 0 radical (unpaired) electrons. The summed E-state index contributed by atoms with van der Waals surface area (Å²) in [6.45, 7) is 1.21. The largest absolute Gasteiger partial charge is 0.508 e. The van der Waals surface area contributed by atoms with E-state index in [1.807, 2.05) is 0 Å². The van der Waals surface area contributed by atoms with E-state index >= 15 is 0 Å². The summed E-state index contributed by atoms with van der Waals surface area (Å²) >= 11 is 0. The SMILES string of the molecule is CC(=O)NCc1cc(O)cc(C(F)(F)F)c1. The number of hydrogen-bond donors (Lipinski definition) is 2. The maximum absolute atomic E-state index is 12.3. The van der Waals surface area contributed by atoms with Gasteiger partial charge in [-0.05, 0) is 23.8 Å². The second-order valence-electron chi connectivity index (χ2n) is 3.30. The van der Waals surface area contributed by atoms with Crippen LogP contribution in [0, 0.1) is 0 Å². The molecule has 0 fully saturated rings. The molecule has 0 heterocycles. The van der Waals surface area contributed by atoms with Crippen LogP contribution in [0.4, 0.5) is 13.2 Å². The van der Waals surface area contributed by atoms with Gasteiger partial charge in [0.25, 0.3) is 0 Å². The molecule has 3 nitrogen and oxygen atoms in total. The Bertz CT molecular complexity index is 402. The molecular weight excluding hydrogens is 223 g/mol. The van der Waals surface area contributed by atoms with Crippen LogP contribution in [-0.2, 0) is 17.5 Å². The second-order valence-corrected chi connectivity index (χ2v) is 3.30. The monoisotopic (exact) mass is 233 g/mol. The molecular formula is C10H10F3NO2. The summed E-state index contributed by atoms with van der Waals surface area (Å²) in [5.41, 5.74) is -0.740. The first-order chi connectivity index (χ1) is 7.29. The van der Waals surface area contributed by atoms with Crippen molar-refractivity contribution in [3.8, 4) is 5.75 Å². The summed E-state index contributed by atoms with van der Waals surface area (Å²) in [6, 6.07) is 2.69. The van der Waals surface area contributed by atoms with Crippen LogP contribution >= 0.6 is 0 Å². The number of amides is 1. The maximum atomic E-state index is 12.3. The number of rotatable bonds is 2. The molecule has 0 aromatic heterocycles. The lowest BCUT2D eigenvalue weighted by Crippen LogP contribution is -2.19. The van der Waals surface area contributed by atoms with E-state index < -0.39 is 17.5 Å². The lowest BCUT2D eigenvalue weighted by Gasteiger charge is -2.10. The number of phenols is 1. The van der Waals surface area contributed by atoms with Crippen LogP contribution in [0.2, 0.25) is 0 Å². The van der Waals surface area contributed by atoms with E-state index in [0.717, 1.165) is 6.07 Å². The van der Waals surface area contributed by atoms with Gasteiger partial charge in [-0.2, -0.15) is 13.2 Å². The lowest BCUT2D eigenvalue weighted by atomic mass is 10.1. The highest BCUT2D eigenvalue weighted by Crippen LogP contribution is 2.32. The van der Waals surface area contributed by atoms with Gasteiger partial charge in [-0.15, -0.1) is 0 Å². The highest BCUT2D eigenvalue weighted by Gasteiger charge is 2.31. The molecule has 2 N–H and O–H groups in total. The average Bonchev–Trinajstić information content (AvgIpc) is 2.12. The minimum absolute atomic E-state index is 0.0488. The van der Waals surface area contributed by atoms with E-state index in [0.29, 0.717) is 6.07 Å². The fourth-order valence-electron chi connectivity index (χ4n) is 1.17. The number of halogens is 3. The van der Waals surface area contributed by atoms with Gasteiger partial charge in [0.1, 0.15) is 5.75 Å². The standard InChI is InChI=1S/C10H10F3NO2/c1-6(15)14-5-7-2-8(10(11,12)13)4-9(16)3-7/h2-4,16H,5H2,1H3,(H,14,15). The zero-order valence-electron chi connectivity index (χ0n) is 8.43. The van der Waals surface area contributed by atoms with Gasteiger partial charge in [0, 0.05) is 13.5 Å². The van der Waals surface area contributed by atoms with E-state index in [1.54, 1.807) is 0 Å². The maximum Gasteiger partial charge on any atom is 0.416 e. The molecule has 0 aliphatic carbocycles. The van der Waals surface area contributed by atoms with E-state index in [-0.39, 0.29) is 18.0 Å². The van der Waals surface area contributed by atoms with Crippen molar-refractivity contribution in [1.29, 1.82) is 0 Å². The summed E-state index contributed by atoms with van der Waals surface area (Å²) in [6.07, 6.45) is -4.51. The summed E-state index contributed by atoms with van der Waals surface area (Å²) in [5, 5.41) is 11.5. The van der Waals surface area contributed by atoms with Gasteiger partial charge < -0.3 is 10.4 Å². The van der Waals surface area contributed by atoms with Crippen molar-refractivity contribution in [2.75, 3.05) is 0 Å². The van der Waals surface area contributed by atoms with Gasteiger partial charge in [-0.1, -0.05) is 0 Å². The number of benzene rings is 1. The summed E-state index contributed by atoms with van der Waals surface area (Å²) in [4.78, 5) is 10.6. The van der Waals surface area contributed by atoms with Crippen LogP contribution in [0.1, 0.15) is 18.1 Å². The van der Waals surface area contributed by atoms with Crippen molar-refractivity contribution in [3.63, 3.8) is 0 Å². The number of hydrogen-bond acceptors (Lipinski definition) is 2. The van der Waals surface area contributed by atoms with Crippen LogP contribution in [0.3, 0.4) is 0 Å². The van der Waals surface area contributed by atoms with Crippen molar-refractivity contribution in [1.82, 2.24) is 5.32 Å². The molecule has 6 heteroatoms. The number of alkyl halides is 3. The third-order valence-corrected chi connectivity index (χ3v) is 1.85. The van der Waals surface area contributed by atoms with Gasteiger partial charge in [-0.25, -0.2) is 0 Å².